The number of hydrogen-bond acceptors (Lipinski definition) is 4. The summed E-state index contributed by atoms with van der Waals surface area (Å²) in [4.78, 5) is 23.6. The molecule has 0 saturated heterocycles. The van der Waals surface area contributed by atoms with Crippen LogP contribution in [0.4, 0.5) is 15.9 Å². The average Bonchev–Trinajstić information content (AvgIpc) is 2.73. The van der Waals surface area contributed by atoms with Crippen LogP contribution in [0.5, 0.6) is 0 Å². The van der Waals surface area contributed by atoms with Crippen molar-refractivity contribution < 1.29 is 4.39 Å². The molecular weight excluding hydrogens is 273 g/mol. The number of H-pyrrole nitrogens is 2. The second kappa shape index (κ2) is 4.36. The Morgan fingerprint density at radius 3 is 2.89 bits per heavy atom. The van der Waals surface area contributed by atoms with Crippen molar-refractivity contribution in [3.05, 3.63) is 46.0 Å². The van der Waals surface area contributed by atoms with Gasteiger partial charge in [0.05, 0.1) is 17.2 Å². The zero-order valence-electron chi connectivity index (χ0n) is 9.37. The number of rotatable bonds is 2. The van der Waals surface area contributed by atoms with Gasteiger partial charge < -0.3 is 15.3 Å². The summed E-state index contributed by atoms with van der Waals surface area (Å²) in [5.74, 6) is -0.649. The number of imidazole rings is 1. The van der Waals surface area contributed by atoms with Crippen molar-refractivity contribution >= 4 is 34.1 Å². The normalized spacial score (nSPS) is 10.8. The highest BCUT2D eigenvalue weighted by atomic mass is 35.5. The molecule has 0 bridgehead atoms. The first-order valence-electron chi connectivity index (χ1n) is 5.29. The van der Waals surface area contributed by atoms with Crippen LogP contribution in [-0.2, 0) is 0 Å². The van der Waals surface area contributed by atoms with Crippen LogP contribution >= 0.6 is 11.6 Å². The molecular formula is C11H7ClFN5O. The van der Waals surface area contributed by atoms with E-state index in [9.17, 15) is 9.18 Å². The molecule has 0 atom stereocenters. The molecule has 6 nitrogen and oxygen atoms in total. The Balaban J connectivity index is 2.00. The lowest BCUT2D eigenvalue weighted by molar-refractivity contribution is 0.619. The van der Waals surface area contributed by atoms with Crippen LogP contribution < -0.4 is 11.0 Å². The quantitative estimate of drug-likeness (QED) is 0.628. The van der Waals surface area contributed by atoms with Gasteiger partial charge in [0.2, 0.25) is 5.28 Å². The lowest BCUT2D eigenvalue weighted by atomic mass is 10.3. The van der Waals surface area contributed by atoms with E-state index in [1.165, 1.54) is 0 Å². The van der Waals surface area contributed by atoms with Crippen LogP contribution in [0.25, 0.3) is 11.0 Å². The van der Waals surface area contributed by atoms with Gasteiger partial charge in [-0.1, -0.05) is 0 Å². The predicted molar refractivity (Wildman–Crippen MR) is 69.2 cm³/mol. The van der Waals surface area contributed by atoms with Crippen LogP contribution in [-0.4, -0.2) is 19.9 Å². The minimum absolute atomic E-state index is 0.0303. The van der Waals surface area contributed by atoms with E-state index in [4.69, 9.17) is 11.6 Å². The van der Waals surface area contributed by atoms with Crippen molar-refractivity contribution in [3.8, 4) is 0 Å². The molecule has 0 amide bonds. The smallest absolute Gasteiger partial charge is 0.323 e. The first-order valence-corrected chi connectivity index (χ1v) is 5.67. The highest BCUT2D eigenvalue weighted by Crippen LogP contribution is 2.20. The molecule has 0 unspecified atom stereocenters. The Bertz CT molecular complexity index is 812. The number of nitrogens with zero attached hydrogens (tertiary/aromatic N) is 2. The van der Waals surface area contributed by atoms with Crippen LogP contribution in [0, 0.1) is 5.82 Å². The van der Waals surface area contributed by atoms with Crippen LogP contribution in [0.1, 0.15) is 0 Å². The molecule has 96 valence electrons. The van der Waals surface area contributed by atoms with Crippen LogP contribution in [0.15, 0.2) is 29.2 Å². The van der Waals surface area contributed by atoms with Gasteiger partial charge in [0, 0.05) is 5.69 Å². The summed E-state index contributed by atoms with van der Waals surface area (Å²) < 4.78 is 13.5. The standard InChI is InChI=1S/C11H7ClFN5O/c12-10-14-4-6(13)9(18-10)15-5-1-2-7-8(3-5)17-11(19)16-7/h1-4H,(H,14,15,18)(H2,16,17,19). The molecule has 0 saturated carbocycles. The third-order valence-electron chi connectivity index (χ3n) is 2.49. The van der Waals surface area contributed by atoms with E-state index < -0.39 is 5.82 Å². The second-order valence-corrected chi connectivity index (χ2v) is 4.14. The van der Waals surface area contributed by atoms with Crippen molar-refractivity contribution in [1.29, 1.82) is 0 Å². The summed E-state index contributed by atoms with van der Waals surface area (Å²) in [6.07, 6.45) is 0.981. The number of aromatic amines is 2. The fourth-order valence-corrected chi connectivity index (χ4v) is 1.81. The number of anilines is 2. The Kier molecular flexibility index (Phi) is 2.68. The first-order chi connectivity index (χ1) is 9.11. The van der Waals surface area contributed by atoms with Crippen LogP contribution in [0.3, 0.4) is 0 Å². The van der Waals surface area contributed by atoms with Crippen molar-refractivity contribution in [2.75, 3.05) is 5.32 Å². The molecule has 0 radical (unpaired) electrons. The van der Waals surface area contributed by atoms with Crippen molar-refractivity contribution in [1.82, 2.24) is 19.9 Å². The van der Waals surface area contributed by atoms with E-state index in [0.29, 0.717) is 16.7 Å². The number of fused-ring (bicyclic) bond motifs is 1. The van der Waals surface area contributed by atoms with E-state index in [1.54, 1.807) is 18.2 Å². The third kappa shape index (κ3) is 2.27. The molecule has 1 aromatic carbocycles. The zero-order chi connectivity index (χ0) is 13.4. The third-order valence-corrected chi connectivity index (χ3v) is 2.68. The summed E-state index contributed by atoms with van der Waals surface area (Å²) in [5.41, 5.74) is 1.53. The minimum atomic E-state index is -0.618. The summed E-state index contributed by atoms with van der Waals surface area (Å²) >= 11 is 5.60. The number of benzene rings is 1. The van der Waals surface area contributed by atoms with Gasteiger partial charge in [0.1, 0.15) is 0 Å². The second-order valence-electron chi connectivity index (χ2n) is 3.80. The maximum Gasteiger partial charge on any atom is 0.323 e. The summed E-state index contributed by atoms with van der Waals surface area (Å²) in [6.45, 7) is 0. The van der Waals surface area contributed by atoms with Gasteiger partial charge in [0.25, 0.3) is 0 Å². The molecule has 8 heteroatoms. The van der Waals surface area contributed by atoms with Gasteiger partial charge in [0.15, 0.2) is 11.6 Å². The van der Waals surface area contributed by atoms with Gasteiger partial charge in [-0.3, -0.25) is 0 Å². The van der Waals surface area contributed by atoms with Gasteiger partial charge in [-0.15, -0.1) is 0 Å². The van der Waals surface area contributed by atoms with Gasteiger partial charge in [-0.05, 0) is 29.8 Å². The Morgan fingerprint density at radius 1 is 1.26 bits per heavy atom. The minimum Gasteiger partial charge on any atom is -0.338 e. The summed E-state index contributed by atoms with van der Waals surface area (Å²) in [6, 6.07) is 5.03. The fourth-order valence-electron chi connectivity index (χ4n) is 1.68. The highest BCUT2D eigenvalue weighted by molar-refractivity contribution is 6.28. The monoisotopic (exact) mass is 279 g/mol. The lowest BCUT2D eigenvalue weighted by Crippen LogP contribution is -1.99. The van der Waals surface area contributed by atoms with Crippen LogP contribution in [0.2, 0.25) is 5.28 Å². The number of aromatic nitrogens is 4. The Morgan fingerprint density at radius 2 is 2.05 bits per heavy atom. The van der Waals surface area contributed by atoms with E-state index in [-0.39, 0.29) is 16.8 Å². The molecule has 0 aliphatic rings. The maximum absolute atomic E-state index is 13.5. The molecule has 0 aliphatic carbocycles. The van der Waals surface area contributed by atoms with Gasteiger partial charge in [-0.25, -0.2) is 14.2 Å². The molecule has 2 aromatic heterocycles. The van der Waals surface area contributed by atoms with E-state index >= 15 is 0 Å². The number of hydrogen-bond donors (Lipinski definition) is 3. The SMILES string of the molecule is O=c1[nH]c2ccc(Nc3nc(Cl)ncc3F)cc2[nH]1. The summed E-state index contributed by atoms with van der Waals surface area (Å²) in [5, 5.41) is 2.71. The maximum atomic E-state index is 13.5. The molecule has 0 spiro atoms. The summed E-state index contributed by atoms with van der Waals surface area (Å²) in [7, 11) is 0. The van der Waals surface area contributed by atoms with Gasteiger partial charge >= 0.3 is 5.69 Å². The molecule has 19 heavy (non-hydrogen) atoms. The van der Waals surface area contributed by atoms with Crippen molar-refractivity contribution in [2.45, 2.75) is 0 Å². The zero-order valence-corrected chi connectivity index (χ0v) is 10.1. The predicted octanol–water partition coefficient (Wildman–Crippen LogP) is 2.18. The van der Waals surface area contributed by atoms with Crippen molar-refractivity contribution in [2.24, 2.45) is 0 Å². The lowest BCUT2D eigenvalue weighted by Gasteiger charge is -2.06. The largest absolute Gasteiger partial charge is 0.338 e. The Labute approximate surface area is 110 Å². The first kappa shape index (κ1) is 11.7. The van der Waals surface area contributed by atoms with E-state index in [0.717, 1.165) is 6.20 Å². The molecule has 3 N–H and O–H groups in total. The number of halogens is 2. The Hall–Kier alpha value is -2.41. The van der Waals surface area contributed by atoms with Crippen molar-refractivity contribution in [3.63, 3.8) is 0 Å². The molecule has 0 aliphatic heterocycles. The molecule has 2 heterocycles. The number of nitrogens with one attached hydrogen (secondary N) is 3. The molecule has 3 rings (SSSR count). The van der Waals surface area contributed by atoms with E-state index in [2.05, 4.69) is 25.3 Å². The topological polar surface area (TPSA) is 86.5 Å². The molecule has 3 aromatic rings. The van der Waals surface area contributed by atoms with E-state index in [1.807, 2.05) is 0 Å². The average molecular weight is 280 g/mol. The fraction of sp³-hybridized carbons (Fsp3) is 0. The highest BCUT2D eigenvalue weighted by Gasteiger charge is 2.07. The van der Waals surface area contributed by atoms with Gasteiger partial charge in [-0.2, -0.15) is 4.98 Å². The molecule has 0 fully saturated rings.